The van der Waals surface area contributed by atoms with Gasteiger partial charge >= 0.3 is 0 Å². The Balaban J connectivity index is 2.50. The molecule has 0 aliphatic heterocycles. The number of rotatable bonds is 1. The summed E-state index contributed by atoms with van der Waals surface area (Å²) in [5, 5.41) is 0. The number of nitrogens with zero attached hydrogens (tertiary/aromatic N) is 2. The van der Waals surface area contributed by atoms with Gasteiger partial charge in [0.1, 0.15) is 5.82 Å². The molecule has 82 valence electrons. The largest absolute Gasteiger partial charge is 0.383 e. The maximum absolute atomic E-state index is 13.0. The van der Waals surface area contributed by atoms with E-state index in [2.05, 4.69) is 9.97 Å². The lowest BCUT2D eigenvalue weighted by molar-refractivity contribution is 0.509. The van der Waals surface area contributed by atoms with Gasteiger partial charge in [0.05, 0.1) is 0 Å². The summed E-state index contributed by atoms with van der Waals surface area (Å²) >= 11 is 0. The second kappa shape index (κ2) is 3.84. The van der Waals surface area contributed by atoms with E-state index in [-0.39, 0.29) is 5.82 Å². The van der Waals surface area contributed by atoms with Gasteiger partial charge in [0, 0.05) is 17.3 Å². The van der Waals surface area contributed by atoms with Crippen LogP contribution < -0.4 is 5.73 Å². The maximum atomic E-state index is 13.0. The molecular formula is C11H9F2N3. The summed E-state index contributed by atoms with van der Waals surface area (Å²) in [5.74, 6) is -1.22. The molecule has 5 heteroatoms. The molecule has 0 saturated heterocycles. The predicted molar refractivity (Wildman–Crippen MR) is 56.5 cm³/mol. The average molecular weight is 221 g/mol. The molecule has 2 N–H and O–H groups in total. The molecule has 1 aromatic carbocycles. The van der Waals surface area contributed by atoms with Crippen LogP contribution in [0.3, 0.4) is 0 Å². The second-order valence-electron chi connectivity index (χ2n) is 3.39. The standard InChI is InChI=1S/C11H9F2N3/c1-6-5-15-11(16-10(6)14)7-2-3-8(12)9(13)4-7/h2-5H,1H3,(H2,14,15,16). The number of aryl methyl sites for hydroxylation is 1. The third-order valence-electron chi connectivity index (χ3n) is 2.19. The summed E-state index contributed by atoms with van der Waals surface area (Å²) in [4.78, 5) is 7.99. The SMILES string of the molecule is Cc1cnc(-c2ccc(F)c(F)c2)nc1N. The van der Waals surface area contributed by atoms with Crippen LogP contribution in [0.15, 0.2) is 24.4 Å². The number of aromatic nitrogens is 2. The zero-order chi connectivity index (χ0) is 11.7. The van der Waals surface area contributed by atoms with Crippen LogP contribution in [-0.4, -0.2) is 9.97 Å². The van der Waals surface area contributed by atoms with Gasteiger partial charge in [0.15, 0.2) is 17.5 Å². The first-order valence-electron chi connectivity index (χ1n) is 4.62. The Morgan fingerprint density at radius 2 is 1.94 bits per heavy atom. The van der Waals surface area contributed by atoms with Crippen LogP contribution >= 0.6 is 0 Å². The molecule has 0 radical (unpaired) electrons. The van der Waals surface area contributed by atoms with Gasteiger partial charge in [-0.15, -0.1) is 0 Å². The van der Waals surface area contributed by atoms with Gasteiger partial charge in [0.25, 0.3) is 0 Å². The van der Waals surface area contributed by atoms with Crippen molar-refractivity contribution in [1.82, 2.24) is 9.97 Å². The second-order valence-corrected chi connectivity index (χ2v) is 3.39. The lowest BCUT2D eigenvalue weighted by Gasteiger charge is -2.03. The van der Waals surface area contributed by atoms with E-state index in [0.717, 1.165) is 17.7 Å². The van der Waals surface area contributed by atoms with E-state index in [1.165, 1.54) is 6.07 Å². The van der Waals surface area contributed by atoms with Gasteiger partial charge in [-0.25, -0.2) is 18.7 Å². The first-order chi connectivity index (χ1) is 7.58. The van der Waals surface area contributed by atoms with Crippen molar-refractivity contribution in [3.8, 4) is 11.4 Å². The lowest BCUT2D eigenvalue weighted by Crippen LogP contribution is -1.98. The van der Waals surface area contributed by atoms with Crippen molar-refractivity contribution in [3.05, 3.63) is 41.6 Å². The van der Waals surface area contributed by atoms with Gasteiger partial charge in [-0.05, 0) is 25.1 Å². The Morgan fingerprint density at radius 1 is 1.19 bits per heavy atom. The molecule has 0 unspecified atom stereocenters. The minimum absolute atomic E-state index is 0.280. The highest BCUT2D eigenvalue weighted by Gasteiger charge is 2.07. The number of nitrogen functional groups attached to an aromatic ring is 1. The van der Waals surface area contributed by atoms with Crippen molar-refractivity contribution in [2.24, 2.45) is 0 Å². The Labute approximate surface area is 91.0 Å². The van der Waals surface area contributed by atoms with E-state index in [4.69, 9.17) is 5.73 Å². The predicted octanol–water partition coefficient (Wildman–Crippen LogP) is 2.31. The molecule has 2 rings (SSSR count). The van der Waals surface area contributed by atoms with Gasteiger partial charge < -0.3 is 5.73 Å². The molecule has 0 saturated carbocycles. The topological polar surface area (TPSA) is 51.8 Å². The third-order valence-corrected chi connectivity index (χ3v) is 2.19. The zero-order valence-electron chi connectivity index (χ0n) is 8.54. The highest BCUT2D eigenvalue weighted by molar-refractivity contribution is 5.57. The molecule has 0 atom stereocenters. The highest BCUT2D eigenvalue weighted by atomic mass is 19.2. The fourth-order valence-electron chi connectivity index (χ4n) is 1.23. The van der Waals surface area contributed by atoms with Crippen molar-refractivity contribution in [2.45, 2.75) is 6.92 Å². The van der Waals surface area contributed by atoms with E-state index >= 15 is 0 Å². The van der Waals surface area contributed by atoms with Crippen molar-refractivity contribution in [3.63, 3.8) is 0 Å². The molecule has 1 heterocycles. The summed E-state index contributed by atoms with van der Waals surface area (Å²) in [6.07, 6.45) is 1.54. The van der Waals surface area contributed by atoms with Crippen molar-refractivity contribution >= 4 is 5.82 Å². The normalized spacial score (nSPS) is 10.4. The van der Waals surface area contributed by atoms with Crippen LogP contribution in [-0.2, 0) is 0 Å². The third kappa shape index (κ3) is 1.84. The van der Waals surface area contributed by atoms with Gasteiger partial charge in [-0.1, -0.05) is 0 Å². The molecule has 3 nitrogen and oxygen atoms in total. The van der Waals surface area contributed by atoms with Crippen molar-refractivity contribution in [1.29, 1.82) is 0 Å². The number of benzene rings is 1. The van der Waals surface area contributed by atoms with Crippen molar-refractivity contribution in [2.75, 3.05) is 5.73 Å². The molecular weight excluding hydrogens is 212 g/mol. The molecule has 1 aromatic heterocycles. The maximum Gasteiger partial charge on any atom is 0.161 e. The lowest BCUT2D eigenvalue weighted by atomic mass is 10.2. The molecule has 0 fully saturated rings. The number of halogens is 2. The first-order valence-corrected chi connectivity index (χ1v) is 4.62. The summed E-state index contributed by atoms with van der Waals surface area (Å²) in [7, 11) is 0. The van der Waals surface area contributed by atoms with Gasteiger partial charge in [0.2, 0.25) is 0 Å². The molecule has 16 heavy (non-hydrogen) atoms. The first kappa shape index (κ1) is 10.5. The van der Waals surface area contributed by atoms with E-state index in [0.29, 0.717) is 11.4 Å². The Bertz CT molecular complexity index is 491. The van der Waals surface area contributed by atoms with E-state index in [1.807, 2.05) is 0 Å². The number of hydrogen-bond acceptors (Lipinski definition) is 3. The van der Waals surface area contributed by atoms with Crippen LogP contribution in [0.4, 0.5) is 14.6 Å². The number of anilines is 1. The fraction of sp³-hybridized carbons (Fsp3) is 0.0909. The molecule has 0 aliphatic carbocycles. The van der Waals surface area contributed by atoms with Crippen LogP contribution in [0.1, 0.15) is 5.56 Å². The Morgan fingerprint density at radius 3 is 2.56 bits per heavy atom. The zero-order valence-corrected chi connectivity index (χ0v) is 8.54. The summed E-state index contributed by atoms with van der Waals surface area (Å²) in [6, 6.07) is 3.48. The van der Waals surface area contributed by atoms with Crippen LogP contribution in [0.25, 0.3) is 11.4 Å². The smallest absolute Gasteiger partial charge is 0.161 e. The van der Waals surface area contributed by atoms with Gasteiger partial charge in [-0.3, -0.25) is 0 Å². The number of hydrogen-bond donors (Lipinski definition) is 1. The molecule has 0 bridgehead atoms. The molecule has 2 aromatic rings. The van der Waals surface area contributed by atoms with Crippen molar-refractivity contribution < 1.29 is 8.78 Å². The van der Waals surface area contributed by atoms with Crippen LogP contribution in [0.2, 0.25) is 0 Å². The van der Waals surface area contributed by atoms with E-state index in [9.17, 15) is 8.78 Å². The molecule has 0 spiro atoms. The molecule has 0 aliphatic rings. The monoisotopic (exact) mass is 221 g/mol. The Kier molecular flexibility index (Phi) is 2.52. The van der Waals surface area contributed by atoms with Crippen LogP contribution in [0.5, 0.6) is 0 Å². The highest BCUT2D eigenvalue weighted by Crippen LogP contribution is 2.19. The minimum Gasteiger partial charge on any atom is -0.383 e. The summed E-state index contributed by atoms with van der Waals surface area (Å²) < 4.78 is 25.7. The van der Waals surface area contributed by atoms with E-state index < -0.39 is 11.6 Å². The number of nitrogens with two attached hydrogens (primary N) is 1. The fourth-order valence-corrected chi connectivity index (χ4v) is 1.23. The Hall–Kier alpha value is -2.04. The van der Waals surface area contributed by atoms with Gasteiger partial charge in [-0.2, -0.15) is 0 Å². The quantitative estimate of drug-likeness (QED) is 0.803. The minimum atomic E-state index is -0.930. The van der Waals surface area contributed by atoms with Crippen LogP contribution in [0, 0.1) is 18.6 Å². The summed E-state index contributed by atoms with van der Waals surface area (Å²) in [5.41, 5.74) is 6.74. The summed E-state index contributed by atoms with van der Waals surface area (Å²) in [6.45, 7) is 1.77. The molecule has 0 amide bonds. The average Bonchev–Trinajstić information content (AvgIpc) is 2.26. The van der Waals surface area contributed by atoms with E-state index in [1.54, 1.807) is 13.1 Å².